The molecule has 16 heavy (non-hydrogen) atoms. The quantitative estimate of drug-likeness (QED) is 0.826. The smallest absolute Gasteiger partial charge is 0.119 e. The van der Waals surface area contributed by atoms with Crippen molar-refractivity contribution in [1.82, 2.24) is 10.2 Å². The van der Waals surface area contributed by atoms with Gasteiger partial charge in [0.1, 0.15) is 5.75 Å². The Hall–Kier alpha value is -1.06. The molecule has 2 heterocycles. The molecule has 2 aliphatic rings. The number of benzene rings is 1. The molecule has 0 spiro atoms. The van der Waals surface area contributed by atoms with Gasteiger partial charge >= 0.3 is 0 Å². The molecule has 2 bridgehead atoms. The third kappa shape index (κ3) is 1.81. The molecule has 86 valence electrons. The van der Waals surface area contributed by atoms with Crippen LogP contribution in [-0.2, 0) is 6.54 Å². The number of piperazine rings is 1. The minimum absolute atomic E-state index is 0.732. The van der Waals surface area contributed by atoms with E-state index in [0.29, 0.717) is 0 Å². The summed E-state index contributed by atoms with van der Waals surface area (Å²) in [5, 5.41) is 3.53. The van der Waals surface area contributed by atoms with E-state index in [1.165, 1.54) is 18.5 Å². The first-order valence-electron chi connectivity index (χ1n) is 5.95. The lowest BCUT2D eigenvalue weighted by Crippen LogP contribution is -2.42. The van der Waals surface area contributed by atoms with E-state index >= 15 is 0 Å². The van der Waals surface area contributed by atoms with Crippen LogP contribution in [0, 0.1) is 0 Å². The maximum atomic E-state index is 5.25. The van der Waals surface area contributed by atoms with Crippen molar-refractivity contribution in [1.29, 1.82) is 0 Å². The largest absolute Gasteiger partial charge is 0.497 e. The second-order valence-corrected chi connectivity index (χ2v) is 4.78. The predicted octanol–water partition coefficient (Wildman–Crippen LogP) is 1.24. The molecule has 2 unspecified atom stereocenters. The normalized spacial score (nSPS) is 28.6. The third-order valence-corrected chi connectivity index (χ3v) is 3.69. The van der Waals surface area contributed by atoms with Gasteiger partial charge in [0, 0.05) is 31.7 Å². The Bertz CT molecular complexity index is 380. The molecule has 0 saturated carbocycles. The molecule has 2 fully saturated rings. The molecule has 3 rings (SSSR count). The first-order chi connectivity index (χ1) is 7.85. The number of methoxy groups -OCH3 is 1. The van der Waals surface area contributed by atoms with Crippen LogP contribution in [0.3, 0.4) is 0 Å². The highest BCUT2D eigenvalue weighted by Gasteiger charge is 2.37. The third-order valence-electron chi connectivity index (χ3n) is 3.69. The van der Waals surface area contributed by atoms with Crippen LogP contribution >= 0.6 is 0 Å². The molecular weight excluding hydrogens is 200 g/mol. The summed E-state index contributed by atoms with van der Waals surface area (Å²) in [5.74, 6) is 0.958. The highest BCUT2D eigenvalue weighted by Crippen LogP contribution is 2.25. The zero-order chi connectivity index (χ0) is 11.0. The van der Waals surface area contributed by atoms with Crippen LogP contribution in [-0.4, -0.2) is 37.2 Å². The molecule has 2 saturated heterocycles. The van der Waals surface area contributed by atoms with Crippen LogP contribution in [0.2, 0.25) is 0 Å². The Morgan fingerprint density at radius 1 is 1.50 bits per heavy atom. The molecule has 1 aromatic carbocycles. The van der Waals surface area contributed by atoms with Crippen LogP contribution in [0.15, 0.2) is 24.3 Å². The zero-order valence-electron chi connectivity index (χ0n) is 9.65. The Labute approximate surface area is 96.4 Å². The summed E-state index contributed by atoms with van der Waals surface area (Å²) >= 11 is 0. The van der Waals surface area contributed by atoms with Crippen molar-refractivity contribution in [2.45, 2.75) is 25.0 Å². The van der Waals surface area contributed by atoms with Crippen molar-refractivity contribution in [2.75, 3.05) is 20.2 Å². The van der Waals surface area contributed by atoms with E-state index in [1.807, 2.05) is 6.07 Å². The lowest BCUT2D eigenvalue weighted by atomic mass is 10.2. The SMILES string of the molecule is COc1cccc(CN2CC3CC2CN3)c1. The van der Waals surface area contributed by atoms with E-state index in [0.717, 1.165) is 30.9 Å². The van der Waals surface area contributed by atoms with Crippen molar-refractivity contribution in [3.63, 3.8) is 0 Å². The maximum Gasteiger partial charge on any atom is 0.119 e. The van der Waals surface area contributed by atoms with Gasteiger partial charge in [0.25, 0.3) is 0 Å². The van der Waals surface area contributed by atoms with Crippen LogP contribution in [0.5, 0.6) is 5.75 Å². The minimum Gasteiger partial charge on any atom is -0.497 e. The van der Waals surface area contributed by atoms with Crippen LogP contribution in [0.1, 0.15) is 12.0 Å². The predicted molar refractivity (Wildman–Crippen MR) is 63.6 cm³/mol. The number of likely N-dealkylation sites (tertiary alicyclic amines) is 1. The number of hydrogen-bond donors (Lipinski definition) is 1. The number of hydrogen-bond acceptors (Lipinski definition) is 3. The lowest BCUT2D eigenvalue weighted by Gasteiger charge is -2.27. The molecule has 3 nitrogen and oxygen atoms in total. The number of nitrogens with zero attached hydrogens (tertiary/aromatic N) is 1. The molecule has 0 radical (unpaired) electrons. The molecule has 0 aromatic heterocycles. The van der Waals surface area contributed by atoms with Gasteiger partial charge in [0.15, 0.2) is 0 Å². The second-order valence-electron chi connectivity index (χ2n) is 4.78. The molecule has 0 amide bonds. The summed E-state index contributed by atoms with van der Waals surface area (Å²) in [6, 6.07) is 9.87. The Kier molecular flexibility index (Phi) is 2.58. The van der Waals surface area contributed by atoms with E-state index in [9.17, 15) is 0 Å². The van der Waals surface area contributed by atoms with E-state index in [1.54, 1.807) is 7.11 Å². The highest BCUT2D eigenvalue weighted by molar-refractivity contribution is 5.28. The van der Waals surface area contributed by atoms with Crippen molar-refractivity contribution < 1.29 is 4.74 Å². The van der Waals surface area contributed by atoms with Crippen molar-refractivity contribution in [3.05, 3.63) is 29.8 Å². The van der Waals surface area contributed by atoms with Crippen molar-refractivity contribution in [2.24, 2.45) is 0 Å². The van der Waals surface area contributed by atoms with Gasteiger partial charge in [-0.15, -0.1) is 0 Å². The minimum atomic E-state index is 0.732. The topological polar surface area (TPSA) is 24.5 Å². The number of nitrogens with one attached hydrogen (secondary N) is 1. The summed E-state index contributed by atoms with van der Waals surface area (Å²) in [6.07, 6.45) is 1.32. The van der Waals surface area contributed by atoms with Gasteiger partial charge < -0.3 is 10.1 Å². The first-order valence-corrected chi connectivity index (χ1v) is 5.95. The average Bonchev–Trinajstić information content (AvgIpc) is 2.91. The highest BCUT2D eigenvalue weighted by atomic mass is 16.5. The number of rotatable bonds is 3. The summed E-state index contributed by atoms with van der Waals surface area (Å²) < 4.78 is 5.25. The van der Waals surface area contributed by atoms with E-state index in [-0.39, 0.29) is 0 Å². The van der Waals surface area contributed by atoms with E-state index in [2.05, 4.69) is 28.4 Å². The van der Waals surface area contributed by atoms with Crippen molar-refractivity contribution >= 4 is 0 Å². The van der Waals surface area contributed by atoms with Crippen LogP contribution < -0.4 is 10.1 Å². The van der Waals surface area contributed by atoms with E-state index < -0.39 is 0 Å². The second kappa shape index (κ2) is 4.07. The van der Waals surface area contributed by atoms with Crippen LogP contribution in [0.4, 0.5) is 0 Å². The molecule has 1 aromatic rings. The van der Waals surface area contributed by atoms with Gasteiger partial charge in [0.2, 0.25) is 0 Å². The fourth-order valence-electron chi connectivity index (χ4n) is 2.85. The number of fused-ring (bicyclic) bond motifs is 2. The van der Waals surface area contributed by atoms with Gasteiger partial charge in [-0.2, -0.15) is 0 Å². The van der Waals surface area contributed by atoms with Crippen molar-refractivity contribution in [3.8, 4) is 5.75 Å². The molecule has 0 aliphatic carbocycles. The lowest BCUT2D eigenvalue weighted by molar-refractivity contribution is 0.217. The fourth-order valence-corrected chi connectivity index (χ4v) is 2.85. The van der Waals surface area contributed by atoms with Gasteiger partial charge in [-0.05, 0) is 24.1 Å². The number of ether oxygens (including phenoxy) is 1. The Balaban J connectivity index is 1.69. The average molecular weight is 218 g/mol. The Morgan fingerprint density at radius 2 is 2.44 bits per heavy atom. The van der Waals surface area contributed by atoms with Gasteiger partial charge in [-0.1, -0.05) is 12.1 Å². The van der Waals surface area contributed by atoms with Crippen LogP contribution in [0.25, 0.3) is 0 Å². The molecule has 2 atom stereocenters. The van der Waals surface area contributed by atoms with Gasteiger partial charge in [-0.25, -0.2) is 0 Å². The summed E-state index contributed by atoms with van der Waals surface area (Å²) in [4.78, 5) is 2.58. The molecular formula is C13H18N2O. The Morgan fingerprint density at radius 3 is 3.12 bits per heavy atom. The van der Waals surface area contributed by atoms with Gasteiger partial charge in [0.05, 0.1) is 7.11 Å². The van der Waals surface area contributed by atoms with Gasteiger partial charge in [-0.3, -0.25) is 4.90 Å². The molecule has 1 N–H and O–H groups in total. The molecule has 2 aliphatic heterocycles. The standard InChI is InChI=1S/C13H18N2O/c1-16-13-4-2-3-10(5-13)8-15-9-11-6-12(15)7-14-11/h2-5,11-12,14H,6-9H2,1H3. The summed E-state index contributed by atoms with van der Waals surface area (Å²) in [7, 11) is 1.72. The first kappa shape index (κ1) is 10.1. The maximum absolute atomic E-state index is 5.25. The summed E-state index contributed by atoms with van der Waals surface area (Å²) in [5.41, 5.74) is 1.35. The summed E-state index contributed by atoms with van der Waals surface area (Å²) in [6.45, 7) is 3.41. The molecule has 3 heteroatoms. The van der Waals surface area contributed by atoms with E-state index in [4.69, 9.17) is 4.74 Å². The zero-order valence-corrected chi connectivity index (χ0v) is 9.65. The fraction of sp³-hybridized carbons (Fsp3) is 0.538. The monoisotopic (exact) mass is 218 g/mol.